The Hall–Kier alpha value is -1.09. The maximum atomic E-state index is 6.11. The van der Waals surface area contributed by atoms with Crippen molar-refractivity contribution < 1.29 is 4.74 Å². The van der Waals surface area contributed by atoms with E-state index in [0.717, 1.165) is 28.6 Å². The van der Waals surface area contributed by atoms with Gasteiger partial charge in [-0.1, -0.05) is 18.6 Å². The van der Waals surface area contributed by atoms with Crippen molar-refractivity contribution >= 4 is 26.7 Å². The fourth-order valence-corrected chi connectivity index (χ4v) is 3.14. The van der Waals surface area contributed by atoms with Crippen LogP contribution in [0.25, 0.3) is 10.8 Å². The van der Waals surface area contributed by atoms with Crippen LogP contribution in [0.15, 0.2) is 34.9 Å². The molecule has 3 rings (SSSR count). The molecule has 1 aromatic carbocycles. The zero-order valence-corrected chi connectivity index (χ0v) is 11.8. The maximum Gasteiger partial charge on any atom is 0.222 e. The van der Waals surface area contributed by atoms with E-state index >= 15 is 0 Å². The van der Waals surface area contributed by atoms with Crippen LogP contribution in [0.4, 0.5) is 0 Å². The SMILES string of the molecule is Brc1cccc2ccnc(OC3CCCCC3)c12. The van der Waals surface area contributed by atoms with E-state index in [9.17, 15) is 0 Å². The Morgan fingerprint density at radius 2 is 1.94 bits per heavy atom. The summed E-state index contributed by atoms with van der Waals surface area (Å²) in [4.78, 5) is 4.41. The van der Waals surface area contributed by atoms with Gasteiger partial charge < -0.3 is 4.74 Å². The molecule has 2 aromatic rings. The van der Waals surface area contributed by atoms with Crippen LogP contribution in [0.5, 0.6) is 5.88 Å². The summed E-state index contributed by atoms with van der Waals surface area (Å²) in [5.41, 5.74) is 0. The molecule has 1 aromatic heterocycles. The summed E-state index contributed by atoms with van der Waals surface area (Å²) in [6.45, 7) is 0. The monoisotopic (exact) mass is 305 g/mol. The minimum Gasteiger partial charge on any atom is -0.474 e. The Labute approximate surface area is 115 Å². The fraction of sp³-hybridized carbons (Fsp3) is 0.400. The van der Waals surface area contributed by atoms with Crippen LogP contribution in [0.3, 0.4) is 0 Å². The van der Waals surface area contributed by atoms with Crippen molar-refractivity contribution in [2.45, 2.75) is 38.2 Å². The molecule has 1 saturated carbocycles. The Balaban J connectivity index is 1.95. The van der Waals surface area contributed by atoms with Gasteiger partial charge in [-0.15, -0.1) is 0 Å². The molecule has 0 spiro atoms. The van der Waals surface area contributed by atoms with Gasteiger partial charge in [-0.05, 0) is 59.1 Å². The van der Waals surface area contributed by atoms with E-state index in [1.807, 2.05) is 24.4 Å². The summed E-state index contributed by atoms with van der Waals surface area (Å²) in [5.74, 6) is 0.770. The predicted octanol–water partition coefficient (Wildman–Crippen LogP) is 4.71. The number of nitrogens with zero attached hydrogens (tertiary/aromatic N) is 1. The normalized spacial score (nSPS) is 16.9. The number of pyridine rings is 1. The lowest BCUT2D eigenvalue weighted by Crippen LogP contribution is -2.20. The number of fused-ring (bicyclic) bond motifs is 1. The second kappa shape index (κ2) is 5.27. The van der Waals surface area contributed by atoms with Gasteiger partial charge in [-0.25, -0.2) is 4.98 Å². The van der Waals surface area contributed by atoms with Gasteiger partial charge in [-0.3, -0.25) is 0 Å². The van der Waals surface area contributed by atoms with Gasteiger partial charge in [0, 0.05) is 10.7 Å². The first-order valence-corrected chi connectivity index (χ1v) is 7.34. The maximum absolute atomic E-state index is 6.11. The summed E-state index contributed by atoms with van der Waals surface area (Å²) in [7, 11) is 0. The van der Waals surface area contributed by atoms with Gasteiger partial charge in [0.25, 0.3) is 0 Å². The molecule has 1 aliphatic carbocycles. The van der Waals surface area contributed by atoms with Crippen LogP contribution < -0.4 is 4.74 Å². The Morgan fingerprint density at radius 3 is 2.78 bits per heavy atom. The third-order valence-electron chi connectivity index (χ3n) is 3.54. The standard InChI is InChI=1S/C15H16BrNO/c16-13-8-4-5-11-9-10-17-15(14(11)13)18-12-6-2-1-3-7-12/h4-5,8-10,12H,1-3,6-7H2. The molecule has 0 saturated heterocycles. The second-order valence-corrected chi connectivity index (χ2v) is 5.69. The van der Waals surface area contributed by atoms with E-state index < -0.39 is 0 Å². The zero-order chi connectivity index (χ0) is 12.4. The predicted molar refractivity (Wildman–Crippen MR) is 76.9 cm³/mol. The van der Waals surface area contributed by atoms with Crippen LogP contribution >= 0.6 is 15.9 Å². The lowest BCUT2D eigenvalue weighted by Gasteiger charge is -2.23. The quantitative estimate of drug-likeness (QED) is 0.801. The minimum atomic E-state index is 0.337. The average Bonchev–Trinajstić information content (AvgIpc) is 2.40. The molecule has 0 bridgehead atoms. The molecule has 0 aliphatic heterocycles. The Kier molecular flexibility index (Phi) is 3.50. The summed E-state index contributed by atoms with van der Waals surface area (Å²) in [5, 5.41) is 2.26. The average molecular weight is 306 g/mol. The van der Waals surface area contributed by atoms with Crippen molar-refractivity contribution in [3.8, 4) is 5.88 Å². The van der Waals surface area contributed by atoms with Crippen LogP contribution in [0, 0.1) is 0 Å². The highest BCUT2D eigenvalue weighted by Gasteiger charge is 2.17. The number of hydrogen-bond donors (Lipinski definition) is 0. The van der Waals surface area contributed by atoms with Crippen LogP contribution in [0.1, 0.15) is 32.1 Å². The van der Waals surface area contributed by atoms with Crippen molar-refractivity contribution in [3.05, 3.63) is 34.9 Å². The van der Waals surface area contributed by atoms with Crippen LogP contribution in [0.2, 0.25) is 0 Å². The van der Waals surface area contributed by atoms with Crippen molar-refractivity contribution in [1.82, 2.24) is 4.98 Å². The van der Waals surface area contributed by atoms with E-state index in [4.69, 9.17) is 4.74 Å². The van der Waals surface area contributed by atoms with E-state index in [2.05, 4.69) is 27.0 Å². The third kappa shape index (κ3) is 2.37. The molecule has 2 nitrogen and oxygen atoms in total. The first kappa shape index (κ1) is 12.0. The number of halogens is 1. The van der Waals surface area contributed by atoms with E-state index in [0.29, 0.717) is 6.10 Å². The van der Waals surface area contributed by atoms with E-state index in [-0.39, 0.29) is 0 Å². The smallest absolute Gasteiger partial charge is 0.222 e. The van der Waals surface area contributed by atoms with Gasteiger partial charge in [0.05, 0.1) is 5.39 Å². The van der Waals surface area contributed by atoms with Crippen molar-refractivity contribution in [3.63, 3.8) is 0 Å². The van der Waals surface area contributed by atoms with E-state index in [1.54, 1.807) is 0 Å². The van der Waals surface area contributed by atoms with Crippen molar-refractivity contribution in [1.29, 1.82) is 0 Å². The first-order chi connectivity index (χ1) is 8.84. The Bertz CT molecular complexity index is 544. The lowest BCUT2D eigenvalue weighted by molar-refractivity contribution is 0.151. The summed E-state index contributed by atoms with van der Waals surface area (Å²) >= 11 is 3.59. The minimum absolute atomic E-state index is 0.337. The molecule has 0 N–H and O–H groups in total. The number of rotatable bonds is 2. The molecule has 0 atom stereocenters. The van der Waals surface area contributed by atoms with Gasteiger partial charge >= 0.3 is 0 Å². The highest BCUT2D eigenvalue weighted by molar-refractivity contribution is 9.10. The molecular weight excluding hydrogens is 290 g/mol. The molecule has 0 radical (unpaired) electrons. The van der Waals surface area contributed by atoms with E-state index in [1.165, 1.54) is 24.6 Å². The fourth-order valence-electron chi connectivity index (χ4n) is 2.59. The van der Waals surface area contributed by atoms with Crippen molar-refractivity contribution in [2.75, 3.05) is 0 Å². The second-order valence-electron chi connectivity index (χ2n) is 4.83. The lowest BCUT2D eigenvalue weighted by atomic mass is 9.98. The van der Waals surface area contributed by atoms with Gasteiger partial charge in [-0.2, -0.15) is 0 Å². The zero-order valence-electron chi connectivity index (χ0n) is 10.2. The molecule has 0 amide bonds. The summed E-state index contributed by atoms with van der Waals surface area (Å²) in [6, 6.07) is 8.19. The number of aromatic nitrogens is 1. The highest BCUT2D eigenvalue weighted by Crippen LogP contribution is 2.32. The topological polar surface area (TPSA) is 22.1 Å². The van der Waals surface area contributed by atoms with Gasteiger partial charge in [0.15, 0.2) is 0 Å². The number of benzene rings is 1. The van der Waals surface area contributed by atoms with Crippen molar-refractivity contribution in [2.24, 2.45) is 0 Å². The molecule has 3 heteroatoms. The molecule has 1 fully saturated rings. The Morgan fingerprint density at radius 1 is 1.11 bits per heavy atom. The molecule has 94 valence electrons. The van der Waals surface area contributed by atoms with Crippen LogP contribution in [-0.2, 0) is 0 Å². The molecule has 1 aliphatic rings. The third-order valence-corrected chi connectivity index (χ3v) is 4.20. The molecule has 18 heavy (non-hydrogen) atoms. The first-order valence-electron chi connectivity index (χ1n) is 6.54. The van der Waals surface area contributed by atoms with Gasteiger partial charge in [0.1, 0.15) is 6.10 Å². The number of ether oxygens (including phenoxy) is 1. The summed E-state index contributed by atoms with van der Waals surface area (Å²) < 4.78 is 7.16. The highest BCUT2D eigenvalue weighted by atomic mass is 79.9. The largest absolute Gasteiger partial charge is 0.474 e. The van der Waals surface area contributed by atoms with Gasteiger partial charge in [0.2, 0.25) is 5.88 Å². The van der Waals surface area contributed by atoms with Crippen LogP contribution in [-0.4, -0.2) is 11.1 Å². The molecular formula is C15H16BrNO. The number of hydrogen-bond acceptors (Lipinski definition) is 2. The molecule has 0 unspecified atom stereocenters. The molecule has 1 heterocycles. The summed E-state index contributed by atoms with van der Waals surface area (Å²) in [6.07, 6.45) is 8.36.